The largest absolute Gasteiger partial charge is 0.297 e. The van der Waals surface area contributed by atoms with Gasteiger partial charge in [0.05, 0.1) is 0 Å². The molecule has 0 saturated carbocycles. The molecule has 2 heteroatoms. The summed E-state index contributed by atoms with van der Waals surface area (Å²) >= 11 is 2.41. The molecule has 0 spiro atoms. The predicted molar refractivity (Wildman–Crippen MR) is 93.8 cm³/mol. The topological polar surface area (TPSA) is 3.24 Å². The van der Waals surface area contributed by atoms with E-state index in [9.17, 15) is 0 Å². The minimum Gasteiger partial charge on any atom is -0.297 e. The van der Waals surface area contributed by atoms with Crippen molar-refractivity contribution in [1.82, 2.24) is 4.90 Å². The third-order valence-electron chi connectivity index (χ3n) is 4.93. The molecule has 2 unspecified atom stereocenters. The Kier molecular flexibility index (Phi) is 3.11. The van der Waals surface area contributed by atoms with Crippen LogP contribution in [0.4, 0.5) is 0 Å². The lowest BCUT2D eigenvalue weighted by Crippen LogP contribution is -2.34. The molecule has 4 rings (SSSR count). The maximum atomic E-state index is 2.55. The van der Waals surface area contributed by atoms with Gasteiger partial charge < -0.3 is 0 Å². The Bertz CT molecular complexity index is 704. The zero-order valence-corrected chi connectivity index (χ0v) is 13.8. The van der Waals surface area contributed by atoms with Crippen molar-refractivity contribution in [3.05, 3.63) is 51.6 Å². The zero-order chi connectivity index (χ0) is 13.7. The van der Waals surface area contributed by atoms with Gasteiger partial charge in [0.1, 0.15) is 0 Å². The molecule has 1 saturated heterocycles. The van der Waals surface area contributed by atoms with Crippen LogP contribution in [0.2, 0.25) is 0 Å². The lowest BCUT2D eigenvalue weighted by atomic mass is 9.91. The van der Waals surface area contributed by atoms with Gasteiger partial charge in [-0.15, -0.1) is 0 Å². The van der Waals surface area contributed by atoms with Gasteiger partial charge in [-0.2, -0.15) is 0 Å². The lowest BCUT2D eigenvalue weighted by Gasteiger charge is -2.30. The Balaban J connectivity index is 1.87. The van der Waals surface area contributed by atoms with Crippen molar-refractivity contribution in [2.45, 2.75) is 31.3 Å². The first kappa shape index (κ1) is 12.8. The highest BCUT2D eigenvalue weighted by molar-refractivity contribution is 14.1. The molecule has 20 heavy (non-hydrogen) atoms. The molecule has 0 aromatic heterocycles. The lowest BCUT2D eigenvalue weighted by molar-refractivity contribution is 0.264. The van der Waals surface area contributed by atoms with Crippen LogP contribution in [0.1, 0.15) is 24.8 Å². The van der Waals surface area contributed by atoms with Crippen molar-refractivity contribution < 1.29 is 0 Å². The maximum Gasteiger partial charge on any atom is 0.0284 e. The molecule has 2 atom stereocenters. The molecule has 2 bridgehead atoms. The Morgan fingerprint density at radius 3 is 2.90 bits per heavy atom. The molecule has 2 aliphatic heterocycles. The number of nitrogens with zero attached hydrogens (tertiary/aromatic N) is 1. The number of halogens is 1. The third kappa shape index (κ3) is 2.01. The molecule has 2 aliphatic rings. The van der Waals surface area contributed by atoms with Crippen molar-refractivity contribution in [2.75, 3.05) is 7.05 Å². The summed E-state index contributed by atoms with van der Waals surface area (Å²) in [5, 5.41) is 2.77. The quantitative estimate of drug-likeness (QED) is 0.654. The van der Waals surface area contributed by atoms with E-state index in [-0.39, 0.29) is 0 Å². The minimum absolute atomic E-state index is 0.654. The molecule has 0 amide bonds. The average molecular weight is 375 g/mol. The van der Waals surface area contributed by atoms with Crippen molar-refractivity contribution in [2.24, 2.45) is 0 Å². The summed E-state index contributed by atoms with van der Waals surface area (Å²) in [4.78, 5) is 2.55. The van der Waals surface area contributed by atoms with Crippen LogP contribution in [0.25, 0.3) is 16.3 Å². The van der Waals surface area contributed by atoms with E-state index in [0.29, 0.717) is 6.04 Å². The predicted octanol–water partition coefficient (Wildman–Crippen LogP) is 4.69. The fourth-order valence-corrected chi connectivity index (χ4v) is 4.26. The molecule has 2 aromatic carbocycles. The van der Waals surface area contributed by atoms with Crippen molar-refractivity contribution in [1.29, 1.82) is 0 Å². The summed E-state index contributed by atoms with van der Waals surface area (Å²) in [7, 11) is 2.28. The Morgan fingerprint density at radius 2 is 2.05 bits per heavy atom. The first-order valence-electron chi connectivity index (χ1n) is 7.33. The molecular weight excluding hydrogens is 357 g/mol. The van der Waals surface area contributed by atoms with E-state index in [4.69, 9.17) is 0 Å². The SMILES string of the molecule is CN1C2C=C(c3cccc4ccc(I)cc34)CC1CC2. The highest BCUT2D eigenvalue weighted by Gasteiger charge is 2.34. The van der Waals surface area contributed by atoms with Crippen LogP contribution in [0.3, 0.4) is 0 Å². The first-order chi connectivity index (χ1) is 9.72. The van der Waals surface area contributed by atoms with Gasteiger partial charge in [0, 0.05) is 15.7 Å². The molecule has 1 fully saturated rings. The number of hydrogen-bond donors (Lipinski definition) is 0. The zero-order valence-electron chi connectivity index (χ0n) is 11.6. The average Bonchev–Trinajstić information content (AvgIpc) is 2.68. The molecule has 0 radical (unpaired) electrons. The Hall–Kier alpha value is -0.870. The Labute approximate surface area is 133 Å². The van der Waals surface area contributed by atoms with Crippen molar-refractivity contribution in [3.63, 3.8) is 0 Å². The van der Waals surface area contributed by atoms with E-state index in [1.165, 1.54) is 39.2 Å². The second-order valence-electron chi connectivity index (χ2n) is 6.03. The van der Waals surface area contributed by atoms with E-state index < -0.39 is 0 Å². The van der Waals surface area contributed by atoms with Gasteiger partial charge in [0.2, 0.25) is 0 Å². The summed E-state index contributed by atoms with van der Waals surface area (Å²) < 4.78 is 1.32. The fraction of sp³-hybridized carbons (Fsp3) is 0.333. The van der Waals surface area contributed by atoms with Crippen LogP contribution in [0, 0.1) is 3.57 Å². The highest BCUT2D eigenvalue weighted by atomic mass is 127. The van der Waals surface area contributed by atoms with Crippen molar-refractivity contribution in [3.8, 4) is 0 Å². The van der Waals surface area contributed by atoms with Crippen LogP contribution >= 0.6 is 22.6 Å². The second-order valence-corrected chi connectivity index (χ2v) is 7.28. The molecule has 2 aromatic rings. The maximum absolute atomic E-state index is 2.55. The minimum atomic E-state index is 0.654. The third-order valence-corrected chi connectivity index (χ3v) is 5.60. The summed E-state index contributed by atoms with van der Waals surface area (Å²) in [6, 6.07) is 14.9. The molecular formula is C18H18IN. The van der Waals surface area contributed by atoms with Gasteiger partial charge >= 0.3 is 0 Å². The molecule has 0 aliphatic carbocycles. The van der Waals surface area contributed by atoms with Crippen LogP contribution in [-0.2, 0) is 0 Å². The highest BCUT2D eigenvalue weighted by Crippen LogP contribution is 2.39. The summed E-state index contributed by atoms with van der Waals surface area (Å²) in [6.07, 6.45) is 6.39. The number of fused-ring (bicyclic) bond motifs is 3. The second kappa shape index (κ2) is 4.85. The molecule has 1 nitrogen and oxygen atoms in total. The number of benzene rings is 2. The van der Waals surface area contributed by atoms with E-state index >= 15 is 0 Å². The summed E-state index contributed by atoms with van der Waals surface area (Å²) in [5.74, 6) is 0. The van der Waals surface area contributed by atoms with E-state index in [1.54, 1.807) is 5.57 Å². The number of rotatable bonds is 1. The number of likely N-dealkylation sites (N-methyl/N-ethyl adjacent to an activating group) is 1. The van der Waals surface area contributed by atoms with Gasteiger partial charge in [-0.3, -0.25) is 4.90 Å². The van der Waals surface area contributed by atoms with E-state index in [1.807, 2.05) is 0 Å². The van der Waals surface area contributed by atoms with Crippen LogP contribution < -0.4 is 0 Å². The monoisotopic (exact) mass is 375 g/mol. The van der Waals surface area contributed by atoms with Gasteiger partial charge in [-0.25, -0.2) is 0 Å². The van der Waals surface area contributed by atoms with Gasteiger partial charge in [0.15, 0.2) is 0 Å². The van der Waals surface area contributed by atoms with Crippen LogP contribution in [-0.4, -0.2) is 24.0 Å². The smallest absolute Gasteiger partial charge is 0.0284 e. The van der Waals surface area contributed by atoms with E-state index in [2.05, 4.69) is 77.0 Å². The van der Waals surface area contributed by atoms with Gasteiger partial charge in [0.25, 0.3) is 0 Å². The first-order valence-corrected chi connectivity index (χ1v) is 8.41. The van der Waals surface area contributed by atoms with Crippen LogP contribution in [0.15, 0.2) is 42.5 Å². The normalized spacial score (nSPS) is 26.0. The number of hydrogen-bond acceptors (Lipinski definition) is 1. The Morgan fingerprint density at radius 1 is 1.15 bits per heavy atom. The van der Waals surface area contributed by atoms with E-state index in [0.717, 1.165) is 6.04 Å². The molecule has 0 N–H and O–H groups in total. The van der Waals surface area contributed by atoms with Crippen molar-refractivity contribution >= 4 is 38.9 Å². The van der Waals surface area contributed by atoms with Gasteiger partial charge in [-0.1, -0.05) is 30.3 Å². The van der Waals surface area contributed by atoms with Gasteiger partial charge in [-0.05, 0) is 82.9 Å². The summed E-state index contributed by atoms with van der Waals surface area (Å²) in [5.41, 5.74) is 3.01. The molecule has 2 heterocycles. The fourth-order valence-electron chi connectivity index (χ4n) is 3.77. The summed E-state index contributed by atoms with van der Waals surface area (Å²) in [6.45, 7) is 0. The van der Waals surface area contributed by atoms with Crippen LogP contribution in [0.5, 0.6) is 0 Å². The molecule has 102 valence electrons. The standard InChI is InChI=1S/C18H18IN/c1-20-15-7-8-16(20)10-13(9-15)17-4-2-3-12-5-6-14(19)11-18(12)17/h2-6,9,11,15-16H,7-8,10H2,1H3.